The number of carbonyl (C=O) groups is 1. The molecular weight excluding hydrogens is 478 g/mol. The van der Waals surface area contributed by atoms with Crippen LogP contribution in [0.5, 0.6) is 0 Å². The first-order chi connectivity index (χ1) is 17.3. The monoisotopic (exact) mass is 548 g/mol. The van der Waals surface area contributed by atoms with Crippen molar-refractivity contribution >= 4 is 5.97 Å². The number of halogens is 1. The van der Waals surface area contributed by atoms with Crippen LogP contribution in [0.25, 0.3) is 0 Å². The van der Waals surface area contributed by atoms with Gasteiger partial charge in [-0.15, -0.1) is 0 Å². The highest BCUT2D eigenvalue weighted by atomic mass is 35.5. The molecule has 0 aromatic rings. The van der Waals surface area contributed by atoms with Crippen LogP contribution in [0.3, 0.4) is 0 Å². The Kier molecular flexibility index (Phi) is 37.6. The van der Waals surface area contributed by atoms with Crippen LogP contribution < -0.4 is 12.4 Å². The fraction of sp³-hybridized carbons (Fsp3) is 0.970. The van der Waals surface area contributed by atoms with Crippen LogP contribution in [0.15, 0.2) is 0 Å². The molecule has 1 N–H and O–H groups in total. The predicted molar refractivity (Wildman–Crippen MR) is 162 cm³/mol. The van der Waals surface area contributed by atoms with Crippen molar-refractivity contribution < 1.29 is 26.8 Å². The van der Waals surface area contributed by atoms with Gasteiger partial charge in [0.15, 0.2) is 0 Å². The summed E-state index contributed by atoms with van der Waals surface area (Å²) >= 11 is 0. The van der Waals surface area contributed by atoms with Gasteiger partial charge in [0.05, 0.1) is 27.7 Å². The lowest BCUT2D eigenvalue weighted by molar-refractivity contribution is -0.870. The Morgan fingerprint density at radius 1 is 0.459 bits per heavy atom. The van der Waals surface area contributed by atoms with E-state index in [2.05, 4.69) is 35.0 Å². The minimum atomic E-state index is -0.657. The lowest BCUT2D eigenvalue weighted by Crippen LogP contribution is -3.00. The molecule has 0 fully saturated rings. The topological polar surface area (TPSA) is 37.3 Å². The quantitative estimate of drug-likeness (QED) is 0.0836. The zero-order valence-corrected chi connectivity index (χ0v) is 27.0. The number of hydrogen-bond donors (Lipinski definition) is 1. The number of carboxylic acid groups (broad SMARTS) is 1. The zero-order valence-electron chi connectivity index (χ0n) is 26.3. The maximum atomic E-state index is 10.3. The van der Waals surface area contributed by atoms with Crippen LogP contribution >= 0.6 is 0 Å². The van der Waals surface area contributed by atoms with Gasteiger partial charge < -0.3 is 22.0 Å². The third-order valence-corrected chi connectivity index (χ3v) is 7.18. The van der Waals surface area contributed by atoms with Crippen LogP contribution in [-0.2, 0) is 4.79 Å². The molecule has 0 heterocycles. The molecule has 0 amide bonds. The third-order valence-electron chi connectivity index (χ3n) is 7.18. The molecule has 0 unspecified atom stereocenters. The summed E-state index contributed by atoms with van der Waals surface area (Å²) in [5.41, 5.74) is 0. The second-order valence-corrected chi connectivity index (χ2v) is 12.3. The largest absolute Gasteiger partial charge is 1.00 e. The Morgan fingerprint density at radius 2 is 0.703 bits per heavy atom. The maximum Gasteiger partial charge on any atom is 0.303 e. The van der Waals surface area contributed by atoms with Gasteiger partial charge in [-0.2, -0.15) is 0 Å². The predicted octanol–water partition coefficient (Wildman–Crippen LogP) is 7.95. The average Bonchev–Trinajstić information content (AvgIpc) is 2.82. The van der Waals surface area contributed by atoms with Crippen molar-refractivity contribution in [3.63, 3.8) is 0 Å². The van der Waals surface area contributed by atoms with E-state index in [1.165, 1.54) is 154 Å². The van der Waals surface area contributed by atoms with Gasteiger partial charge in [-0.05, 0) is 19.3 Å². The van der Waals surface area contributed by atoms with Crippen molar-refractivity contribution in [2.24, 2.45) is 0 Å². The van der Waals surface area contributed by atoms with E-state index >= 15 is 0 Å². The number of aliphatic carboxylic acids is 1. The smallest absolute Gasteiger partial charge is 0.303 e. The second kappa shape index (κ2) is 33.7. The van der Waals surface area contributed by atoms with E-state index in [1.54, 1.807) is 0 Å². The van der Waals surface area contributed by atoms with Gasteiger partial charge in [0.1, 0.15) is 0 Å². The average molecular weight is 548 g/mol. The highest BCUT2D eigenvalue weighted by molar-refractivity contribution is 5.66. The number of quaternary nitrogens is 1. The molecule has 4 heteroatoms. The van der Waals surface area contributed by atoms with Gasteiger partial charge in [-0.25, -0.2) is 0 Å². The molecule has 0 radical (unpaired) electrons. The summed E-state index contributed by atoms with van der Waals surface area (Å²) in [7, 11) is 6.88. The van der Waals surface area contributed by atoms with Crippen molar-refractivity contribution in [2.45, 2.75) is 181 Å². The van der Waals surface area contributed by atoms with Crippen LogP contribution in [-0.4, -0.2) is 43.2 Å². The minimum absolute atomic E-state index is 0. The molecule has 0 aliphatic heterocycles. The first-order valence-electron chi connectivity index (χ1n) is 16.4. The summed E-state index contributed by atoms with van der Waals surface area (Å²) in [5, 5.41) is 8.46. The van der Waals surface area contributed by atoms with Crippen LogP contribution in [0, 0.1) is 0 Å². The van der Waals surface area contributed by atoms with Gasteiger partial charge in [-0.3, -0.25) is 4.79 Å². The highest BCUT2D eigenvalue weighted by Crippen LogP contribution is 2.14. The summed E-state index contributed by atoms with van der Waals surface area (Å²) < 4.78 is 1.12. The molecule has 0 aliphatic carbocycles. The lowest BCUT2D eigenvalue weighted by Gasteiger charge is -2.23. The van der Waals surface area contributed by atoms with Crippen LogP contribution in [0.1, 0.15) is 181 Å². The van der Waals surface area contributed by atoms with Crippen molar-refractivity contribution in [1.29, 1.82) is 0 Å². The van der Waals surface area contributed by atoms with E-state index in [9.17, 15) is 4.79 Å². The first-order valence-corrected chi connectivity index (χ1v) is 16.4. The van der Waals surface area contributed by atoms with Crippen LogP contribution in [0.2, 0.25) is 0 Å². The van der Waals surface area contributed by atoms with E-state index in [4.69, 9.17) is 5.11 Å². The standard InChI is InChI=1S/C19H42N.C14H28O2.ClH/c1-5-6-7-8-9-10-11-12-13-14-15-16-17-18-19-20(2,3)4;1-2-3-4-5-6-7-8-9-10-11-12-13-14(15)16;/h5-19H2,1-4H3;2-13H2,1H3,(H,15,16);1H/q+1;;/p-1. The molecule has 3 nitrogen and oxygen atoms in total. The summed E-state index contributed by atoms with van der Waals surface area (Å²) in [5.74, 6) is -0.657. The molecule has 0 atom stereocenters. The number of carboxylic acids is 1. The lowest BCUT2D eigenvalue weighted by atomic mass is 10.0. The van der Waals surface area contributed by atoms with Gasteiger partial charge in [0.2, 0.25) is 0 Å². The second-order valence-electron chi connectivity index (χ2n) is 12.3. The molecule has 0 saturated heterocycles. The Labute approximate surface area is 241 Å². The normalized spacial score (nSPS) is 11.1. The van der Waals surface area contributed by atoms with Crippen molar-refractivity contribution in [1.82, 2.24) is 0 Å². The van der Waals surface area contributed by atoms with E-state index in [0.717, 1.165) is 17.3 Å². The van der Waals surface area contributed by atoms with E-state index in [1.807, 2.05) is 0 Å². The Bertz CT molecular complexity index is 423. The molecule has 0 spiro atoms. The highest BCUT2D eigenvalue weighted by Gasteiger charge is 2.05. The van der Waals surface area contributed by atoms with Crippen LogP contribution in [0.4, 0.5) is 0 Å². The zero-order chi connectivity index (χ0) is 27.2. The molecule has 37 heavy (non-hydrogen) atoms. The van der Waals surface area contributed by atoms with E-state index in [0.29, 0.717) is 6.42 Å². The van der Waals surface area contributed by atoms with Gasteiger partial charge in [-0.1, -0.05) is 155 Å². The SMILES string of the molecule is CCCCCCCCCCCCCC(=O)O.CCCCCCCCCCCCCCCC[N+](C)(C)C.[Cl-]. The van der Waals surface area contributed by atoms with Crippen molar-refractivity contribution in [3.8, 4) is 0 Å². The molecule has 0 aliphatic rings. The summed E-state index contributed by atoms with van der Waals surface area (Å²) in [6.45, 7) is 5.87. The molecular formula is C33H70ClNO2. The Balaban J connectivity index is -0.000000623. The summed E-state index contributed by atoms with van der Waals surface area (Å²) in [6, 6.07) is 0. The number of rotatable bonds is 27. The maximum absolute atomic E-state index is 10.3. The van der Waals surface area contributed by atoms with E-state index in [-0.39, 0.29) is 12.4 Å². The Hall–Kier alpha value is -0.280. The van der Waals surface area contributed by atoms with Gasteiger partial charge in [0, 0.05) is 6.42 Å². The fourth-order valence-electron chi connectivity index (χ4n) is 4.72. The molecule has 226 valence electrons. The van der Waals surface area contributed by atoms with Gasteiger partial charge in [0.25, 0.3) is 0 Å². The molecule has 0 aromatic carbocycles. The van der Waals surface area contributed by atoms with Crippen molar-refractivity contribution in [3.05, 3.63) is 0 Å². The third kappa shape index (κ3) is 46.0. The molecule has 0 saturated carbocycles. The number of unbranched alkanes of at least 4 members (excludes halogenated alkanes) is 23. The van der Waals surface area contributed by atoms with E-state index < -0.39 is 5.97 Å². The molecule has 0 rings (SSSR count). The minimum Gasteiger partial charge on any atom is -1.00 e. The number of nitrogens with zero attached hydrogens (tertiary/aromatic N) is 1. The summed E-state index contributed by atoms with van der Waals surface area (Å²) in [4.78, 5) is 10.3. The molecule has 0 bridgehead atoms. The fourth-order valence-corrected chi connectivity index (χ4v) is 4.72. The van der Waals surface area contributed by atoms with Crippen molar-refractivity contribution in [2.75, 3.05) is 27.7 Å². The molecule has 0 aromatic heterocycles. The Morgan fingerprint density at radius 3 is 0.946 bits per heavy atom. The first kappa shape index (κ1) is 41.2. The number of hydrogen-bond acceptors (Lipinski definition) is 1. The summed E-state index contributed by atoms with van der Waals surface area (Å²) in [6.07, 6.45) is 34.7. The van der Waals surface area contributed by atoms with Gasteiger partial charge >= 0.3 is 5.97 Å².